The number of nitrogens with one attached hydrogen (secondary N) is 1. The average Bonchev–Trinajstić information content (AvgIpc) is 2.82. The van der Waals surface area contributed by atoms with Crippen molar-refractivity contribution in [1.82, 2.24) is 10.2 Å². The molecule has 2 atom stereocenters. The van der Waals surface area contributed by atoms with Crippen LogP contribution in [-0.2, 0) is 0 Å². The van der Waals surface area contributed by atoms with Crippen molar-refractivity contribution < 1.29 is 0 Å². The summed E-state index contributed by atoms with van der Waals surface area (Å²) < 4.78 is 0. The summed E-state index contributed by atoms with van der Waals surface area (Å²) >= 11 is 0. The highest BCUT2D eigenvalue weighted by Crippen LogP contribution is 2.26. The number of hydrogen-bond acceptors (Lipinski definition) is 2. The fourth-order valence-electron chi connectivity index (χ4n) is 3.28. The molecule has 2 rings (SSSR count). The van der Waals surface area contributed by atoms with Crippen molar-refractivity contribution in [2.75, 3.05) is 26.2 Å². The first-order chi connectivity index (χ1) is 7.88. The van der Waals surface area contributed by atoms with E-state index in [0.29, 0.717) is 0 Å². The van der Waals surface area contributed by atoms with Gasteiger partial charge in [0.15, 0.2) is 0 Å². The van der Waals surface area contributed by atoms with E-state index in [4.69, 9.17) is 0 Å². The highest BCUT2D eigenvalue weighted by atomic mass is 15.2. The normalized spacial score (nSPS) is 32.1. The zero-order chi connectivity index (χ0) is 11.2. The minimum absolute atomic E-state index is 0.821. The van der Waals surface area contributed by atoms with E-state index < -0.39 is 0 Å². The van der Waals surface area contributed by atoms with Crippen LogP contribution in [0.3, 0.4) is 0 Å². The first kappa shape index (κ1) is 12.4. The minimum Gasteiger partial charge on any atom is -0.313 e. The molecule has 0 amide bonds. The molecule has 16 heavy (non-hydrogen) atoms. The van der Waals surface area contributed by atoms with Crippen LogP contribution in [0.25, 0.3) is 0 Å². The van der Waals surface area contributed by atoms with E-state index in [2.05, 4.69) is 17.1 Å². The molecule has 94 valence electrons. The third-order valence-electron chi connectivity index (χ3n) is 4.42. The van der Waals surface area contributed by atoms with E-state index >= 15 is 0 Å². The zero-order valence-electron chi connectivity index (χ0n) is 10.9. The summed E-state index contributed by atoms with van der Waals surface area (Å²) in [7, 11) is 0. The molecular formula is C14H28N2. The molecule has 1 heterocycles. The van der Waals surface area contributed by atoms with Gasteiger partial charge in [0.25, 0.3) is 0 Å². The number of rotatable bonds is 5. The smallest absolute Gasteiger partial charge is 0.0107 e. The van der Waals surface area contributed by atoms with E-state index in [1.807, 2.05) is 0 Å². The van der Waals surface area contributed by atoms with Gasteiger partial charge in [-0.25, -0.2) is 0 Å². The second-order valence-electron chi connectivity index (χ2n) is 5.64. The maximum absolute atomic E-state index is 3.77. The largest absolute Gasteiger partial charge is 0.313 e. The van der Waals surface area contributed by atoms with Crippen LogP contribution in [-0.4, -0.2) is 37.1 Å². The van der Waals surface area contributed by atoms with Gasteiger partial charge >= 0.3 is 0 Å². The molecule has 2 fully saturated rings. The number of nitrogens with zero attached hydrogens (tertiary/aromatic N) is 1. The molecule has 0 aromatic carbocycles. The van der Waals surface area contributed by atoms with Crippen molar-refractivity contribution in [2.45, 2.75) is 57.9 Å². The lowest BCUT2D eigenvalue weighted by Crippen LogP contribution is -2.38. The second kappa shape index (κ2) is 6.61. The molecule has 1 N–H and O–H groups in total. The minimum atomic E-state index is 0.821. The van der Waals surface area contributed by atoms with Gasteiger partial charge in [-0.15, -0.1) is 0 Å². The molecule has 1 saturated heterocycles. The topological polar surface area (TPSA) is 15.3 Å². The van der Waals surface area contributed by atoms with Crippen molar-refractivity contribution in [1.29, 1.82) is 0 Å². The van der Waals surface area contributed by atoms with Gasteiger partial charge in [0.1, 0.15) is 0 Å². The predicted octanol–water partition coefficient (Wildman–Crippen LogP) is 2.64. The molecule has 2 nitrogen and oxygen atoms in total. The fraction of sp³-hybridized carbons (Fsp3) is 1.00. The van der Waals surface area contributed by atoms with Gasteiger partial charge in [-0.1, -0.05) is 26.2 Å². The van der Waals surface area contributed by atoms with Crippen molar-refractivity contribution >= 4 is 0 Å². The van der Waals surface area contributed by atoms with Crippen LogP contribution in [0.4, 0.5) is 0 Å². The summed E-state index contributed by atoms with van der Waals surface area (Å²) in [4.78, 5) is 2.60. The molecular weight excluding hydrogens is 196 g/mol. The van der Waals surface area contributed by atoms with Gasteiger partial charge in [-0.3, -0.25) is 0 Å². The maximum Gasteiger partial charge on any atom is 0.0107 e. The van der Waals surface area contributed by atoms with Crippen molar-refractivity contribution in [3.63, 3.8) is 0 Å². The van der Waals surface area contributed by atoms with Gasteiger partial charge in [-0.05, 0) is 44.7 Å². The van der Waals surface area contributed by atoms with Gasteiger partial charge < -0.3 is 10.2 Å². The molecule has 1 saturated carbocycles. The Morgan fingerprint density at radius 3 is 2.69 bits per heavy atom. The summed E-state index contributed by atoms with van der Waals surface area (Å²) in [5.74, 6) is 0.998. The van der Waals surface area contributed by atoms with Gasteiger partial charge in [0.05, 0.1) is 0 Å². The Balaban J connectivity index is 1.58. The Labute approximate surface area is 101 Å². The molecule has 0 bridgehead atoms. The lowest BCUT2D eigenvalue weighted by molar-refractivity contribution is 0.263. The second-order valence-corrected chi connectivity index (χ2v) is 5.64. The number of likely N-dealkylation sites (tertiary alicyclic amines) is 1. The fourth-order valence-corrected chi connectivity index (χ4v) is 3.28. The Morgan fingerprint density at radius 2 is 1.94 bits per heavy atom. The SMILES string of the molecule is CCC1CCCC(NCCN2CCCC2)C1. The highest BCUT2D eigenvalue weighted by Gasteiger charge is 2.20. The molecule has 0 spiro atoms. The first-order valence-corrected chi connectivity index (χ1v) is 7.34. The predicted molar refractivity (Wildman–Crippen MR) is 69.7 cm³/mol. The molecule has 1 aliphatic carbocycles. The van der Waals surface area contributed by atoms with Crippen LogP contribution in [0.15, 0.2) is 0 Å². The molecule has 2 unspecified atom stereocenters. The molecule has 0 aromatic rings. The summed E-state index contributed by atoms with van der Waals surface area (Å²) in [6.07, 6.45) is 9.97. The van der Waals surface area contributed by atoms with Crippen LogP contribution in [0.2, 0.25) is 0 Å². The first-order valence-electron chi connectivity index (χ1n) is 7.34. The summed E-state index contributed by atoms with van der Waals surface area (Å²) in [6.45, 7) is 7.50. The summed E-state index contributed by atoms with van der Waals surface area (Å²) in [5, 5.41) is 3.77. The van der Waals surface area contributed by atoms with E-state index in [1.54, 1.807) is 0 Å². The zero-order valence-corrected chi connectivity index (χ0v) is 10.9. The van der Waals surface area contributed by atoms with E-state index in [9.17, 15) is 0 Å². The quantitative estimate of drug-likeness (QED) is 0.772. The Hall–Kier alpha value is -0.0800. The van der Waals surface area contributed by atoms with Crippen LogP contribution in [0.1, 0.15) is 51.9 Å². The van der Waals surface area contributed by atoms with Gasteiger partial charge in [0.2, 0.25) is 0 Å². The van der Waals surface area contributed by atoms with Gasteiger partial charge in [0, 0.05) is 19.1 Å². The number of hydrogen-bond donors (Lipinski definition) is 1. The van der Waals surface area contributed by atoms with Gasteiger partial charge in [-0.2, -0.15) is 0 Å². The van der Waals surface area contributed by atoms with Crippen molar-refractivity contribution in [3.05, 3.63) is 0 Å². The van der Waals surface area contributed by atoms with Crippen molar-refractivity contribution in [2.24, 2.45) is 5.92 Å². The monoisotopic (exact) mass is 224 g/mol. The standard InChI is InChI=1S/C14H28N2/c1-2-13-6-5-7-14(12-13)15-8-11-16-9-3-4-10-16/h13-15H,2-12H2,1H3. The molecule has 1 aliphatic heterocycles. The highest BCUT2D eigenvalue weighted by molar-refractivity contribution is 4.78. The molecule has 2 aliphatic rings. The molecule has 2 heteroatoms. The Bertz CT molecular complexity index is 187. The Morgan fingerprint density at radius 1 is 1.12 bits per heavy atom. The third kappa shape index (κ3) is 3.74. The third-order valence-corrected chi connectivity index (χ3v) is 4.42. The average molecular weight is 224 g/mol. The van der Waals surface area contributed by atoms with Crippen LogP contribution < -0.4 is 5.32 Å². The maximum atomic E-state index is 3.77. The van der Waals surface area contributed by atoms with Crippen LogP contribution >= 0.6 is 0 Å². The van der Waals surface area contributed by atoms with Crippen LogP contribution in [0, 0.1) is 5.92 Å². The molecule has 0 aromatic heterocycles. The van der Waals surface area contributed by atoms with Crippen molar-refractivity contribution in [3.8, 4) is 0 Å². The lowest BCUT2D eigenvalue weighted by Gasteiger charge is -2.29. The van der Waals surface area contributed by atoms with E-state index in [-0.39, 0.29) is 0 Å². The van der Waals surface area contributed by atoms with Crippen LogP contribution in [0.5, 0.6) is 0 Å². The summed E-state index contributed by atoms with van der Waals surface area (Å²) in [6, 6.07) is 0.821. The molecule has 0 radical (unpaired) electrons. The summed E-state index contributed by atoms with van der Waals surface area (Å²) in [5.41, 5.74) is 0. The lowest BCUT2D eigenvalue weighted by atomic mass is 9.84. The van der Waals surface area contributed by atoms with E-state index in [0.717, 1.165) is 12.0 Å². The van der Waals surface area contributed by atoms with E-state index in [1.165, 1.54) is 71.1 Å². The Kier molecular flexibility index (Phi) is 5.11.